The number of hydrogen-bond acceptors (Lipinski definition) is 3. The number of benzene rings is 3. The van der Waals surface area contributed by atoms with Gasteiger partial charge in [-0.3, -0.25) is 14.5 Å². The lowest BCUT2D eigenvalue weighted by atomic mass is 10.0. The number of halogens is 1. The summed E-state index contributed by atoms with van der Waals surface area (Å²) in [5.74, 6) is -0.303. The zero-order valence-electron chi connectivity index (χ0n) is 20.0. The van der Waals surface area contributed by atoms with Gasteiger partial charge in [-0.1, -0.05) is 41.9 Å². The molecule has 2 heterocycles. The Morgan fingerprint density at radius 1 is 1.03 bits per heavy atom. The van der Waals surface area contributed by atoms with Crippen molar-refractivity contribution < 1.29 is 14.4 Å². The Balaban J connectivity index is 1.30. The number of anilines is 3. The van der Waals surface area contributed by atoms with E-state index in [1.807, 2.05) is 48.2 Å². The van der Waals surface area contributed by atoms with Gasteiger partial charge in [-0.25, -0.2) is 4.79 Å². The lowest BCUT2D eigenvalue weighted by Gasteiger charge is -2.30. The third-order valence-corrected chi connectivity index (χ3v) is 7.01. The molecule has 0 fully saturated rings. The minimum absolute atomic E-state index is 0.0198. The second-order valence-electron chi connectivity index (χ2n) is 9.11. The lowest BCUT2D eigenvalue weighted by molar-refractivity contribution is -0.115. The van der Waals surface area contributed by atoms with E-state index >= 15 is 0 Å². The minimum atomic E-state index is -0.417. The number of nitrogens with one attached hydrogen (secondary N) is 2. The fourth-order valence-electron chi connectivity index (χ4n) is 4.83. The number of urea groups is 1. The highest BCUT2D eigenvalue weighted by Gasteiger charge is 2.29. The maximum atomic E-state index is 13.4. The Bertz CT molecular complexity index is 1360. The van der Waals surface area contributed by atoms with Gasteiger partial charge in [0.25, 0.3) is 5.91 Å². The van der Waals surface area contributed by atoms with Gasteiger partial charge in [0.2, 0.25) is 5.91 Å². The van der Waals surface area contributed by atoms with Crippen molar-refractivity contribution >= 4 is 46.5 Å². The van der Waals surface area contributed by atoms with Gasteiger partial charge in [0, 0.05) is 24.3 Å². The zero-order chi connectivity index (χ0) is 25.2. The van der Waals surface area contributed by atoms with Gasteiger partial charge in [0.1, 0.15) is 6.54 Å². The van der Waals surface area contributed by atoms with Gasteiger partial charge in [-0.2, -0.15) is 0 Å². The van der Waals surface area contributed by atoms with Crippen LogP contribution in [0.25, 0.3) is 0 Å². The minimum Gasteiger partial charge on any atom is -0.334 e. The topological polar surface area (TPSA) is 81.8 Å². The average Bonchev–Trinajstić information content (AvgIpc) is 3.09. The van der Waals surface area contributed by atoms with E-state index in [-0.39, 0.29) is 24.9 Å². The van der Waals surface area contributed by atoms with E-state index in [0.29, 0.717) is 28.5 Å². The van der Waals surface area contributed by atoms with Crippen LogP contribution in [0, 0.1) is 6.92 Å². The van der Waals surface area contributed by atoms with Crippen molar-refractivity contribution in [3.8, 4) is 0 Å². The molecule has 7 nitrogen and oxygen atoms in total. The molecule has 3 aromatic rings. The van der Waals surface area contributed by atoms with E-state index in [9.17, 15) is 14.4 Å². The van der Waals surface area contributed by atoms with E-state index in [1.54, 1.807) is 18.2 Å². The van der Waals surface area contributed by atoms with Crippen LogP contribution in [0.1, 0.15) is 39.9 Å². The first-order valence-electron chi connectivity index (χ1n) is 12.1. The highest BCUT2D eigenvalue weighted by Crippen LogP contribution is 2.36. The van der Waals surface area contributed by atoms with Gasteiger partial charge >= 0.3 is 6.03 Å². The molecule has 0 saturated carbocycles. The third-order valence-electron chi connectivity index (χ3n) is 6.70. The monoisotopic (exact) mass is 502 g/mol. The fraction of sp³-hybridized carbons (Fsp3) is 0.250. The molecule has 0 bridgehead atoms. The smallest absolute Gasteiger partial charge is 0.322 e. The Morgan fingerprint density at radius 3 is 2.69 bits per heavy atom. The van der Waals surface area contributed by atoms with Crippen molar-refractivity contribution in [3.05, 3.63) is 87.9 Å². The SMILES string of the molecule is Cc1cc(C(=O)N2CCCCc3ccccc32)ccc1CNC(=O)N1CC(=O)Nc2cccc(Cl)c21. The molecule has 8 heteroatoms. The quantitative estimate of drug-likeness (QED) is 0.510. The molecule has 2 N–H and O–H groups in total. The molecule has 0 saturated heterocycles. The van der Waals surface area contributed by atoms with Crippen LogP contribution in [-0.2, 0) is 17.8 Å². The van der Waals surface area contributed by atoms with Crippen molar-refractivity contribution in [1.29, 1.82) is 0 Å². The fourth-order valence-corrected chi connectivity index (χ4v) is 5.10. The molecule has 2 aliphatic heterocycles. The molecule has 0 spiro atoms. The van der Waals surface area contributed by atoms with Crippen LogP contribution in [0.4, 0.5) is 21.9 Å². The molecule has 0 radical (unpaired) electrons. The van der Waals surface area contributed by atoms with E-state index < -0.39 is 6.03 Å². The Hall–Kier alpha value is -3.84. The zero-order valence-corrected chi connectivity index (χ0v) is 20.8. The van der Waals surface area contributed by atoms with Crippen LogP contribution in [0.15, 0.2) is 60.7 Å². The van der Waals surface area contributed by atoms with Crippen molar-refractivity contribution in [3.63, 3.8) is 0 Å². The number of hydrogen-bond donors (Lipinski definition) is 2. The predicted molar refractivity (Wildman–Crippen MR) is 142 cm³/mol. The summed E-state index contributed by atoms with van der Waals surface area (Å²) in [5, 5.41) is 6.01. The normalized spacial score (nSPS) is 14.9. The number of rotatable bonds is 3. The number of carbonyl (C=O) groups is 3. The van der Waals surface area contributed by atoms with E-state index in [0.717, 1.165) is 36.1 Å². The van der Waals surface area contributed by atoms with Gasteiger partial charge in [-0.15, -0.1) is 0 Å². The number of amides is 4. The number of nitrogens with zero attached hydrogens (tertiary/aromatic N) is 2. The van der Waals surface area contributed by atoms with Gasteiger partial charge in [-0.05, 0) is 73.2 Å². The summed E-state index contributed by atoms with van der Waals surface area (Å²) < 4.78 is 0. The summed E-state index contributed by atoms with van der Waals surface area (Å²) in [7, 11) is 0. The molecule has 184 valence electrons. The number of fused-ring (bicyclic) bond motifs is 2. The molecule has 3 aromatic carbocycles. The van der Waals surface area contributed by atoms with Gasteiger partial charge < -0.3 is 15.5 Å². The molecule has 36 heavy (non-hydrogen) atoms. The van der Waals surface area contributed by atoms with Gasteiger partial charge in [0.15, 0.2) is 0 Å². The van der Waals surface area contributed by atoms with Crippen LogP contribution in [0.2, 0.25) is 5.02 Å². The molecule has 0 unspecified atom stereocenters. The van der Waals surface area contributed by atoms with Crippen LogP contribution in [0.3, 0.4) is 0 Å². The molecule has 2 aliphatic rings. The van der Waals surface area contributed by atoms with E-state index in [2.05, 4.69) is 16.7 Å². The standard InChI is InChI=1S/C28H27ClN4O3/c1-18-15-20(27(35)32-14-5-4-8-19-7-2-3-11-24(19)32)12-13-21(18)16-30-28(36)33-17-25(34)31-23-10-6-9-22(29)26(23)33/h2-3,6-7,9-13,15H,4-5,8,14,16-17H2,1H3,(H,30,36)(H,31,34). The first kappa shape index (κ1) is 23.9. The highest BCUT2D eigenvalue weighted by atomic mass is 35.5. The second kappa shape index (κ2) is 10.0. The summed E-state index contributed by atoms with van der Waals surface area (Å²) in [6.07, 6.45) is 3.00. The van der Waals surface area contributed by atoms with Crippen molar-refractivity contribution in [2.75, 3.05) is 28.2 Å². The molecular formula is C28H27ClN4O3. The summed E-state index contributed by atoms with van der Waals surface area (Å²) in [6.45, 7) is 2.76. The van der Waals surface area contributed by atoms with Crippen molar-refractivity contribution in [2.45, 2.75) is 32.7 Å². The largest absolute Gasteiger partial charge is 0.334 e. The maximum Gasteiger partial charge on any atom is 0.322 e. The maximum absolute atomic E-state index is 13.4. The summed E-state index contributed by atoms with van der Waals surface area (Å²) in [5.41, 5.74) is 5.57. The summed E-state index contributed by atoms with van der Waals surface area (Å²) >= 11 is 6.32. The van der Waals surface area contributed by atoms with Gasteiger partial charge in [0.05, 0.1) is 16.4 Å². The molecule has 5 rings (SSSR count). The molecule has 0 aliphatic carbocycles. The van der Waals surface area contributed by atoms with E-state index in [4.69, 9.17) is 11.6 Å². The molecule has 0 aromatic heterocycles. The summed E-state index contributed by atoms with van der Waals surface area (Å²) in [4.78, 5) is 41.7. The molecule has 4 amide bonds. The van der Waals surface area contributed by atoms with Crippen molar-refractivity contribution in [2.24, 2.45) is 0 Å². The first-order valence-corrected chi connectivity index (χ1v) is 12.4. The predicted octanol–water partition coefficient (Wildman–Crippen LogP) is 5.30. The molecular weight excluding hydrogens is 476 g/mol. The Morgan fingerprint density at radius 2 is 1.86 bits per heavy atom. The number of aryl methyl sites for hydroxylation is 2. The highest BCUT2D eigenvalue weighted by molar-refractivity contribution is 6.35. The van der Waals surface area contributed by atoms with Crippen LogP contribution < -0.4 is 20.4 Å². The van der Waals surface area contributed by atoms with E-state index in [1.165, 1.54) is 10.5 Å². The first-order chi connectivity index (χ1) is 17.4. The Labute approximate surface area is 215 Å². The van der Waals surface area contributed by atoms with Crippen molar-refractivity contribution in [1.82, 2.24) is 5.32 Å². The second-order valence-corrected chi connectivity index (χ2v) is 9.52. The number of para-hydroxylation sites is 2. The lowest BCUT2D eigenvalue weighted by Crippen LogP contribution is -2.47. The Kier molecular flexibility index (Phi) is 6.65. The average molecular weight is 503 g/mol. The third kappa shape index (κ3) is 4.66. The van der Waals surface area contributed by atoms with Crippen LogP contribution in [-0.4, -0.2) is 30.9 Å². The number of carbonyl (C=O) groups excluding carboxylic acids is 3. The van der Waals surface area contributed by atoms with Crippen LogP contribution in [0.5, 0.6) is 0 Å². The summed E-state index contributed by atoms with van der Waals surface area (Å²) in [6, 6.07) is 18.3. The molecule has 0 atom stereocenters. The van der Waals surface area contributed by atoms with Crippen LogP contribution >= 0.6 is 11.6 Å².